The van der Waals surface area contributed by atoms with E-state index in [-0.39, 0.29) is 6.10 Å². The van der Waals surface area contributed by atoms with E-state index in [1.54, 1.807) is 6.92 Å². The maximum absolute atomic E-state index is 11.1. The summed E-state index contributed by atoms with van der Waals surface area (Å²) < 4.78 is 20.5. The molecule has 0 aromatic carbocycles. The van der Waals surface area contributed by atoms with Gasteiger partial charge in [-0.25, -0.2) is 4.79 Å². The van der Waals surface area contributed by atoms with Crippen LogP contribution in [0.2, 0.25) is 0 Å². The average Bonchev–Trinajstić information content (AvgIpc) is 2.48. The van der Waals surface area contributed by atoms with Gasteiger partial charge in [0.25, 0.3) is 0 Å². The molecule has 2 aliphatic rings. The van der Waals surface area contributed by atoms with Crippen LogP contribution in [0.1, 0.15) is 20.3 Å². The van der Waals surface area contributed by atoms with E-state index in [9.17, 15) is 9.90 Å². The Labute approximate surface area is 93.4 Å². The van der Waals surface area contributed by atoms with Gasteiger partial charge in [-0.3, -0.25) is 0 Å². The van der Waals surface area contributed by atoms with Crippen molar-refractivity contribution in [1.29, 1.82) is 0 Å². The second-order valence-corrected chi connectivity index (χ2v) is 4.27. The van der Waals surface area contributed by atoms with Crippen LogP contribution in [0.15, 0.2) is 0 Å². The fourth-order valence-corrected chi connectivity index (χ4v) is 2.35. The lowest BCUT2D eigenvalue weighted by atomic mass is 9.83. The van der Waals surface area contributed by atoms with E-state index in [4.69, 9.17) is 18.9 Å². The van der Waals surface area contributed by atoms with Crippen LogP contribution in [-0.4, -0.2) is 48.6 Å². The van der Waals surface area contributed by atoms with Gasteiger partial charge in [0.1, 0.15) is 12.2 Å². The van der Waals surface area contributed by atoms with Gasteiger partial charge in [-0.1, -0.05) is 0 Å². The summed E-state index contributed by atoms with van der Waals surface area (Å²) in [7, 11) is 1.43. The van der Waals surface area contributed by atoms with E-state index in [0.29, 0.717) is 6.42 Å². The molecule has 2 aliphatic heterocycles. The average molecular weight is 232 g/mol. The molecular weight excluding hydrogens is 216 g/mol. The minimum absolute atomic E-state index is 0.176. The third kappa shape index (κ3) is 1.57. The number of ether oxygens (including phenoxy) is 4. The molecule has 0 unspecified atom stereocenters. The summed E-state index contributed by atoms with van der Waals surface area (Å²) in [6, 6.07) is 0. The second-order valence-electron chi connectivity index (χ2n) is 4.27. The SMILES string of the molecule is CO[C@@H]1O[C@@H](C)C[C@]2(OC(=O)O[C@H]2C)[C@@H]1O. The smallest absolute Gasteiger partial charge is 0.427 e. The lowest BCUT2D eigenvalue weighted by molar-refractivity contribution is -0.283. The molecule has 0 bridgehead atoms. The second kappa shape index (κ2) is 3.87. The highest BCUT2D eigenvalue weighted by molar-refractivity contribution is 5.63. The Kier molecular flexibility index (Phi) is 2.81. The Morgan fingerprint density at radius 3 is 2.69 bits per heavy atom. The summed E-state index contributed by atoms with van der Waals surface area (Å²) in [5, 5.41) is 10.1. The first kappa shape index (κ1) is 11.6. The van der Waals surface area contributed by atoms with Crippen LogP contribution < -0.4 is 0 Å². The first-order chi connectivity index (χ1) is 7.49. The zero-order valence-electron chi connectivity index (χ0n) is 9.50. The molecule has 2 rings (SSSR count). The fourth-order valence-electron chi connectivity index (χ4n) is 2.35. The molecule has 0 radical (unpaired) electrons. The van der Waals surface area contributed by atoms with E-state index in [1.165, 1.54) is 7.11 Å². The van der Waals surface area contributed by atoms with Crippen molar-refractivity contribution in [2.24, 2.45) is 0 Å². The van der Waals surface area contributed by atoms with Crippen molar-refractivity contribution in [1.82, 2.24) is 0 Å². The standard InChI is InChI=1S/C10H16O6/c1-5-4-10(6(2)15-9(12)16-10)7(11)8(13-3)14-5/h5-8,11H,4H2,1-3H3/t5-,6-,7+,8+,10+/m0/s1. The van der Waals surface area contributed by atoms with E-state index in [0.717, 1.165) is 0 Å². The summed E-state index contributed by atoms with van der Waals surface area (Å²) >= 11 is 0. The van der Waals surface area contributed by atoms with Crippen LogP contribution in [0, 0.1) is 0 Å². The van der Waals surface area contributed by atoms with Crippen molar-refractivity contribution in [3.63, 3.8) is 0 Å². The van der Waals surface area contributed by atoms with Gasteiger partial charge in [0.2, 0.25) is 0 Å². The summed E-state index contributed by atoms with van der Waals surface area (Å²) in [5.74, 6) is 0. The summed E-state index contributed by atoms with van der Waals surface area (Å²) in [6.45, 7) is 3.53. The van der Waals surface area contributed by atoms with Crippen molar-refractivity contribution >= 4 is 6.16 Å². The Bertz CT molecular complexity index is 293. The molecule has 92 valence electrons. The molecule has 6 nitrogen and oxygen atoms in total. The molecular formula is C10H16O6. The first-order valence-electron chi connectivity index (χ1n) is 5.25. The van der Waals surface area contributed by atoms with E-state index < -0.39 is 30.3 Å². The van der Waals surface area contributed by atoms with Crippen molar-refractivity contribution in [3.8, 4) is 0 Å². The topological polar surface area (TPSA) is 74.2 Å². The van der Waals surface area contributed by atoms with Crippen LogP contribution in [0.4, 0.5) is 4.79 Å². The summed E-state index contributed by atoms with van der Waals surface area (Å²) in [6.07, 6.45) is -2.91. The van der Waals surface area contributed by atoms with Crippen LogP contribution in [0.5, 0.6) is 0 Å². The monoisotopic (exact) mass is 232 g/mol. The maximum Gasteiger partial charge on any atom is 0.509 e. The number of carbonyl (C=O) groups is 1. The van der Waals surface area contributed by atoms with Crippen molar-refractivity contribution < 1.29 is 28.8 Å². The van der Waals surface area contributed by atoms with Gasteiger partial charge in [0.15, 0.2) is 11.9 Å². The summed E-state index contributed by atoms with van der Waals surface area (Å²) in [4.78, 5) is 11.1. The molecule has 2 saturated heterocycles. The maximum atomic E-state index is 11.1. The fraction of sp³-hybridized carbons (Fsp3) is 0.900. The third-order valence-corrected chi connectivity index (χ3v) is 3.20. The van der Waals surface area contributed by atoms with Crippen molar-refractivity contribution in [2.45, 2.75) is 50.5 Å². The molecule has 0 aromatic rings. The lowest BCUT2D eigenvalue weighted by Crippen LogP contribution is -2.61. The molecule has 0 aromatic heterocycles. The summed E-state index contributed by atoms with van der Waals surface area (Å²) in [5.41, 5.74) is -1.06. The van der Waals surface area contributed by atoms with Crippen molar-refractivity contribution in [3.05, 3.63) is 0 Å². The molecule has 1 N–H and O–H groups in total. The largest absolute Gasteiger partial charge is 0.509 e. The minimum Gasteiger partial charge on any atom is -0.427 e. The number of aliphatic hydroxyl groups excluding tert-OH is 1. The Morgan fingerprint density at radius 2 is 2.19 bits per heavy atom. The molecule has 2 heterocycles. The molecule has 5 atom stereocenters. The first-order valence-corrected chi connectivity index (χ1v) is 5.25. The number of hydrogen-bond donors (Lipinski definition) is 1. The van der Waals surface area contributed by atoms with Gasteiger partial charge < -0.3 is 24.1 Å². The van der Waals surface area contributed by atoms with Crippen LogP contribution in [0.25, 0.3) is 0 Å². The van der Waals surface area contributed by atoms with E-state index in [1.807, 2.05) is 6.92 Å². The highest BCUT2D eigenvalue weighted by Crippen LogP contribution is 2.40. The number of rotatable bonds is 1. The Hall–Kier alpha value is -0.850. The number of aliphatic hydroxyl groups is 1. The third-order valence-electron chi connectivity index (χ3n) is 3.20. The Morgan fingerprint density at radius 1 is 1.50 bits per heavy atom. The highest BCUT2D eigenvalue weighted by Gasteiger charge is 2.60. The lowest BCUT2D eigenvalue weighted by Gasteiger charge is -2.43. The molecule has 0 aliphatic carbocycles. The van der Waals surface area contributed by atoms with Gasteiger partial charge in [0.05, 0.1) is 6.10 Å². The highest BCUT2D eigenvalue weighted by atomic mass is 16.8. The molecule has 0 saturated carbocycles. The molecule has 6 heteroatoms. The quantitative estimate of drug-likeness (QED) is 0.660. The van der Waals surface area contributed by atoms with Gasteiger partial charge in [-0.05, 0) is 13.8 Å². The zero-order chi connectivity index (χ0) is 11.9. The van der Waals surface area contributed by atoms with Crippen LogP contribution in [0.3, 0.4) is 0 Å². The van der Waals surface area contributed by atoms with Gasteiger partial charge in [0, 0.05) is 13.5 Å². The van der Waals surface area contributed by atoms with Gasteiger partial charge >= 0.3 is 6.16 Å². The minimum atomic E-state index is -1.06. The van der Waals surface area contributed by atoms with Crippen LogP contribution >= 0.6 is 0 Å². The number of hydrogen-bond acceptors (Lipinski definition) is 6. The van der Waals surface area contributed by atoms with E-state index in [2.05, 4.69) is 0 Å². The number of cyclic esters (lactones) is 1. The predicted octanol–water partition coefficient (Wildman–Crippen LogP) is 0.423. The van der Waals surface area contributed by atoms with Gasteiger partial charge in [-0.2, -0.15) is 0 Å². The van der Waals surface area contributed by atoms with E-state index >= 15 is 0 Å². The molecule has 16 heavy (non-hydrogen) atoms. The number of carbonyl (C=O) groups excluding carboxylic acids is 1. The van der Waals surface area contributed by atoms with Gasteiger partial charge in [-0.15, -0.1) is 0 Å². The molecule has 2 fully saturated rings. The van der Waals surface area contributed by atoms with Crippen molar-refractivity contribution in [2.75, 3.05) is 7.11 Å². The Balaban J connectivity index is 2.27. The molecule has 0 amide bonds. The number of methoxy groups -OCH3 is 1. The predicted molar refractivity (Wildman–Crippen MR) is 51.7 cm³/mol. The normalized spacial score (nSPS) is 47.9. The van der Waals surface area contributed by atoms with Crippen LogP contribution in [-0.2, 0) is 18.9 Å². The zero-order valence-corrected chi connectivity index (χ0v) is 9.50. The molecule has 1 spiro atoms.